The van der Waals surface area contributed by atoms with Crippen molar-refractivity contribution in [2.24, 2.45) is 30.0 Å². The van der Waals surface area contributed by atoms with E-state index in [9.17, 15) is 27.4 Å². The van der Waals surface area contributed by atoms with Crippen molar-refractivity contribution in [1.29, 1.82) is 0 Å². The molecule has 0 saturated heterocycles. The van der Waals surface area contributed by atoms with Crippen LogP contribution in [-0.4, -0.2) is 141 Å². The summed E-state index contributed by atoms with van der Waals surface area (Å²) < 4.78 is 76.8. The van der Waals surface area contributed by atoms with Gasteiger partial charge in [-0.05, 0) is 76.1 Å². The van der Waals surface area contributed by atoms with E-state index in [4.69, 9.17) is 80.3 Å². The zero-order chi connectivity index (χ0) is 62.7. The van der Waals surface area contributed by atoms with Crippen LogP contribution in [0.5, 0.6) is 5.75 Å². The molecule has 7 aromatic rings. The van der Waals surface area contributed by atoms with Crippen LogP contribution in [0.1, 0.15) is 60.8 Å². The third-order valence-electron chi connectivity index (χ3n) is 15.2. The van der Waals surface area contributed by atoms with Crippen LogP contribution in [0, 0.1) is 0 Å². The summed E-state index contributed by atoms with van der Waals surface area (Å²) in [5.74, 6) is 1.43. The van der Waals surface area contributed by atoms with Gasteiger partial charge in [-0.25, -0.2) is 38.4 Å². The molecule has 0 radical (unpaired) electrons. The second-order valence-corrected chi connectivity index (χ2v) is 36.7. The van der Waals surface area contributed by atoms with Gasteiger partial charge >= 0.3 is 44.4 Å². The van der Waals surface area contributed by atoms with Crippen molar-refractivity contribution < 1.29 is 84.1 Å². The van der Waals surface area contributed by atoms with Crippen molar-refractivity contribution in [3.05, 3.63) is 152 Å². The number of benzene rings is 5. The molecule has 6 heterocycles. The number of amides is 2. The average molecular weight is 1340 g/mol. The molecule has 4 aliphatic heterocycles. The predicted octanol–water partition coefficient (Wildman–Crippen LogP) is 5.89. The second kappa shape index (κ2) is 28.4. The van der Waals surface area contributed by atoms with Crippen molar-refractivity contribution in [2.45, 2.75) is 81.7 Å². The van der Waals surface area contributed by atoms with Gasteiger partial charge in [0.05, 0.1) is 41.4 Å². The Hall–Kier alpha value is -6.19. The number of carbonyl (C=O) groups is 3. The minimum Gasteiger partial charge on any atom is -0.744 e. The van der Waals surface area contributed by atoms with Crippen molar-refractivity contribution in [3.8, 4) is 5.75 Å². The van der Waals surface area contributed by atoms with Gasteiger partial charge in [0, 0.05) is 76.8 Å². The largest absolute Gasteiger partial charge is 1.00 e. The van der Waals surface area contributed by atoms with Crippen molar-refractivity contribution in [1.82, 2.24) is 19.1 Å². The van der Waals surface area contributed by atoms with Crippen molar-refractivity contribution in [3.63, 3.8) is 0 Å². The maximum atomic E-state index is 13.4. The van der Waals surface area contributed by atoms with Gasteiger partial charge in [-0.1, -0.05) is 120 Å². The molecule has 0 aliphatic carbocycles. The molecule has 22 nitrogen and oxygen atoms in total. The summed E-state index contributed by atoms with van der Waals surface area (Å²) in [6.07, 6.45) is 1.76. The third-order valence-corrected chi connectivity index (χ3v) is 28.3. The van der Waals surface area contributed by atoms with E-state index in [-0.39, 0.29) is 89.6 Å². The van der Waals surface area contributed by atoms with E-state index in [0.717, 1.165) is 55.9 Å². The summed E-state index contributed by atoms with van der Waals surface area (Å²) in [6.45, 7) is 10.7. The number of esters is 1. The number of amidine groups is 4. The number of hydrogen-bond acceptors (Lipinski definition) is 18. The molecule has 2 amide bonds. The zero-order valence-electron chi connectivity index (χ0n) is 50.6. The number of halogens is 2. The number of carbonyl (C=O) groups excluding carboxylic acids is 3. The van der Waals surface area contributed by atoms with E-state index in [2.05, 4.69) is 45.3 Å². The van der Waals surface area contributed by atoms with Gasteiger partial charge in [0.15, 0.2) is 45.7 Å². The van der Waals surface area contributed by atoms with E-state index in [1.54, 1.807) is 7.11 Å². The van der Waals surface area contributed by atoms with Crippen LogP contribution in [0.15, 0.2) is 144 Å². The van der Waals surface area contributed by atoms with Crippen LogP contribution < -0.4 is 55.9 Å². The maximum absolute atomic E-state index is 13.4. The number of unbranched alkanes of at least 4 members (excludes halogenated alkanes) is 1. The Morgan fingerprint density at radius 2 is 1.00 bits per heavy atom. The number of methoxy groups -OCH3 is 1. The van der Waals surface area contributed by atoms with Gasteiger partial charge in [-0.2, -0.15) is 0 Å². The first-order valence-corrected chi connectivity index (χ1v) is 39.3. The number of aromatic nitrogens is 2. The van der Waals surface area contributed by atoms with Gasteiger partial charge < -0.3 is 42.4 Å². The molecule has 90 heavy (non-hydrogen) atoms. The molecule has 11 rings (SSSR count). The second-order valence-electron chi connectivity index (χ2n) is 22.8. The number of hydrogen-bond donors (Lipinski definition) is 2. The van der Waals surface area contributed by atoms with Crippen molar-refractivity contribution in [2.75, 3.05) is 53.2 Å². The Kier molecular flexibility index (Phi) is 21.0. The van der Waals surface area contributed by atoms with Gasteiger partial charge in [0.1, 0.15) is 39.3 Å². The Bertz CT molecular complexity index is 4160. The van der Waals surface area contributed by atoms with Gasteiger partial charge in [0.25, 0.3) is 0 Å². The minimum atomic E-state index is -4.86. The van der Waals surface area contributed by atoms with Crippen LogP contribution in [0.25, 0.3) is 21.5 Å². The number of nitrogens with zero attached hydrogens (tertiary/aromatic N) is 8. The van der Waals surface area contributed by atoms with Gasteiger partial charge in [-0.15, -0.1) is 0 Å². The Morgan fingerprint density at radius 1 is 0.567 bits per heavy atom. The predicted molar refractivity (Wildman–Crippen MR) is 345 cm³/mol. The van der Waals surface area contributed by atoms with E-state index in [1.807, 2.05) is 97.1 Å². The molecule has 5 aromatic carbocycles. The number of fused-ring (bicyclic) bond motifs is 14. The summed E-state index contributed by atoms with van der Waals surface area (Å²) in [7, 11) is -14.1. The smallest absolute Gasteiger partial charge is 0.744 e. The van der Waals surface area contributed by atoms with Crippen LogP contribution in [0.2, 0.25) is 48.3 Å². The maximum Gasteiger partial charge on any atom is 1.00 e. The SMILES string of the molecule is COCCOCCOCC(=O)NCCC[Si](C)(C)O[Si]1(O[Si](C)(C)CCCNC(=O)CCCCC(=O)Oc2c(Cl)cc(S(=O)(=O)[O-])cc2Cl)n2c3c4ccccc4c2N=C2N=C(N=c4c5ccccc5c(n41)=NC1=NC(=N3)c3ccccc31)c1ccccc12.[Na+]. The van der Waals surface area contributed by atoms with E-state index in [0.29, 0.717) is 110 Å². The van der Waals surface area contributed by atoms with Crippen LogP contribution in [0.4, 0.5) is 11.6 Å². The first kappa shape index (κ1) is 66.7. The summed E-state index contributed by atoms with van der Waals surface area (Å²) in [6, 6.07) is 34.8. The fourth-order valence-electron chi connectivity index (χ4n) is 11.1. The van der Waals surface area contributed by atoms with Crippen LogP contribution >= 0.6 is 23.2 Å². The third kappa shape index (κ3) is 14.5. The summed E-state index contributed by atoms with van der Waals surface area (Å²) in [5.41, 5.74) is 4.24. The molecular formula is C61H65Cl2N10NaO12SSi3. The molecule has 6 bridgehead atoms. The van der Waals surface area contributed by atoms with E-state index < -0.39 is 46.5 Å². The normalized spacial score (nSPS) is 15.5. The van der Waals surface area contributed by atoms with E-state index >= 15 is 0 Å². The molecule has 1 atom stereocenters. The Labute approximate surface area is 555 Å². The number of ether oxygens (including phenoxy) is 4. The number of nitrogens with one attached hydrogen (secondary N) is 2. The zero-order valence-corrected chi connectivity index (χ0v) is 58.0. The molecule has 4 aliphatic rings. The molecule has 464 valence electrons. The molecule has 0 fully saturated rings. The number of aliphatic imine (C=N–C) groups is 4. The van der Waals surface area contributed by atoms with Crippen LogP contribution in [-0.2, 0) is 46.9 Å². The van der Waals surface area contributed by atoms with Crippen molar-refractivity contribution >= 4 is 133 Å². The van der Waals surface area contributed by atoms with Crippen LogP contribution in [0.3, 0.4) is 0 Å². The molecule has 1 unspecified atom stereocenters. The quantitative estimate of drug-likeness (QED) is 0.0201. The molecular weight excluding hydrogens is 1270 g/mol. The fourth-order valence-corrected chi connectivity index (χ4v) is 24.9. The minimum absolute atomic E-state index is 0. The molecule has 2 N–H and O–H groups in total. The summed E-state index contributed by atoms with van der Waals surface area (Å²) in [5, 5.41) is 8.59. The van der Waals surface area contributed by atoms with Gasteiger partial charge in [-0.3, -0.25) is 22.8 Å². The average Bonchev–Trinajstić information content (AvgIpc) is 1.51. The van der Waals surface area contributed by atoms with Gasteiger partial charge in [0.2, 0.25) is 11.8 Å². The molecule has 0 spiro atoms. The Balaban J connectivity index is 0.00000891. The first-order valence-electron chi connectivity index (χ1n) is 29.2. The molecule has 29 heteroatoms. The Morgan fingerprint density at radius 3 is 1.49 bits per heavy atom. The molecule has 2 aromatic heterocycles. The first-order chi connectivity index (χ1) is 42.7. The fraction of sp³-hybridized carbons (Fsp3) is 0.328. The summed E-state index contributed by atoms with van der Waals surface area (Å²) in [4.78, 5) is 71.6. The van der Waals surface area contributed by atoms with E-state index in [1.165, 1.54) is 0 Å². The molecule has 0 saturated carbocycles. The number of rotatable bonds is 27. The monoisotopic (exact) mass is 1340 g/mol. The standard InChI is InChI=1S/C61H66Cl2N10O12SSi3.Na/c1-80-30-31-81-32-33-82-38-51(75)65-29-17-35-88(4,5)85-89(84-87(2,3)34-16-28-64-50(74)26-14-15-27-52(76)83-53-48(62)36-39(37-49(53)63)86(77,78)79)72-58-44-22-10-11-23-45(44)60(72)70-56-42-20-8-9-21-43(42)57(67-56)71-61-47-25-13-12-24-46(47)59(73(61)89)69-55-41-19-7-6-18-40(41)54(66-55)68-58;/h6-13,18-25,36-37H,14-17,26-35,38H2,1-5H3,(H,64,74)(H,65,75)(H,77,78,79);/q;+1/p-1. The topological polar surface area (TPSA) is 272 Å². The summed E-state index contributed by atoms with van der Waals surface area (Å²) >= 11 is 12.2.